The number of likely N-dealkylation sites (N-methyl/N-ethyl adjacent to an activating group) is 4. The SMILES string of the molecule is CN1CCN2C(=O)c3cc(Cl)ccc3NC(=O)C2C1.CN1CCN2C(=O)c3cc4ccccc4cc3NC(=O)C2C1.CN1CCN2C(=O)c3ccc(Cl)cc3NC(=O)C2C1.COc1cc2c(cc1OC)C(=O)N1CCN(C)CC1C(=O)N2. The normalized spacial score (nSPS) is 22.6. The van der Waals surface area contributed by atoms with Gasteiger partial charge in [0.15, 0.2) is 11.5 Å². The van der Waals surface area contributed by atoms with Crippen LogP contribution < -0.4 is 30.7 Å². The molecule has 430 valence electrons. The topological polar surface area (TPSA) is 229 Å². The van der Waals surface area contributed by atoms with Gasteiger partial charge in [-0.15, -0.1) is 0 Å². The zero-order valence-corrected chi connectivity index (χ0v) is 47.8. The lowest BCUT2D eigenvalue weighted by Gasteiger charge is -2.37. The minimum atomic E-state index is -0.476. The third-order valence-electron chi connectivity index (χ3n) is 15.9. The van der Waals surface area contributed by atoms with E-state index in [1.807, 2.05) is 69.5 Å². The molecule has 4 saturated heterocycles. The Kier molecular flexibility index (Phi) is 16.7. The lowest BCUT2D eigenvalue weighted by Crippen LogP contribution is -2.57. The summed E-state index contributed by atoms with van der Waals surface area (Å²) >= 11 is 11.9. The fourth-order valence-electron chi connectivity index (χ4n) is 11.3. The van der Waals surface area contributed by atoms with Crippen LogP contribution in [-0.2, 0) is 19.2 Å². The number of anilines is 4. The molecule has 0 spiro atoms. The number of carbonyl (C=O) groups excluding carboxylic acids is 8. The molecular weight excluding hydrogens is 1100 g/mol. The summed E-state index contributed by atoms with van der Waals surface area (Å²) in [6.45, 7) is 7.53. The van der Waals surface area contributed by atoms with Crippen molar-refractivity contribution in [2.45, 2.75) is 24.2 Å². The first kappa shape index (κ1) is 57.4. The minimum absolute atomic E-state index is 0.0581. The number of fused-ring (bicyclic) bond motifs is 9. The molecule has 4 fully saturated rings. The number of carbonyl (C=O) groups is 8. The number of nitrogens with one attached hydrogen (secondary N) is 4. The van der Waals surface area contributed by atoms with Crippen LogP contribution in [0.25, 0.3) is 10.8 Å². The second-order valence-electron chi connectivity index (χ2n) is 21.4. The molecule has 5 aromatic rings. The van der Waals surface area contributed by atoms with E-state index in [0.717, 1.165) is 37.0 Å². The highest BCUT2D eigenvalue weighted by molar-refractivity contribution is 6.32. The average Bonchev–Trinajstić information content (AvgIpc) is 3.75. The zero-order valence-electron chi connectivity index (χ0n) is 46.3. The standard InChI is InChI=1S/C17H17N3O2.C15H19N3O4.2C13H14ClN3O2/c1-19-6-7-20-15(10-19)16(21)18-14-9-12-5-3-2-4-11(12)8-13(14)17(20)22;1-17-4-5-18-11(8-17)14(19)16-10-7-13(22-3)12(21-2)6-9(10)15(18)20;1-16-4-5-17-11(7-16)12(18)15-10-3-2-8(14)6-9(10)13(17)19;1-16-4-5-17-11(7-16)12(18)15-10-6-8(14)2-3-9(10)13(17)19/h2-5,8-9,15H,6-7,10H2,1H3,(H,18,21);6-7,11H,4-5,8H2,1-3H3,(H,16,19);2*2-3,6,11H,4-5,7H2,1H3,(H,15,18). The zero-order chi connectivity index (χ0) is 58.3. The van der Waals surface area contributed by atoms with Gasteiger partial charge in [-0.2, -0.15) is 0 Å². The highest BCUT2D eigenvalue weighted by atomic mass is 35.5. The van der Waals surface area contributed by atoms with Gasteiger partial charge in [-0.1, -0.05) is 47.5 Å². The summed E-state index contributed by atoms with van der Waals surface area (Å²) in [5, 5.41) is 14.4. The maximum Gasteiger partial charge on any atom is 0.256 e. The first-order valence-electron chi connectivity index (χ1n) is 26.9. The summed E-state index contributed by atoms with van der Waals surface area (Å²) in [7, 11) is 10.8. The Bertz CT molecular complexity index is 3420. The average molecular weight is 1160 g/mol. The van der Waals surface area contributed by atoms with Crippen molar-refractivity contribution in [3.63, 3.8) is 0 Å². The van der Waals surface area contributed by atoms with Crippen LogP contribution in [0.2, 0.25) is 10.0 Å². The van der Waals surface area contributed by atoms with Crippen LogP contribution in [0.1, 0.15) is 41.4 Å². The van der Waals surface area contributed by atoms with Crippen molar-refractivity contribution in [3.8, 4) is 11.5 Å². The molecule has 8 amide bonds. The summed E-state index contributed by atoms with van der Waals surface area (Å²) in [5.41, 5.74) is 4.10. The number of piperazine rings is 4. The largest absolute Gasteiger partial charge is 0.493 e. The van der Waals surface area contributed by atoms with E-state index in [2.05, 4.69) is 36.0 Å². The van der Waals surface area contributed by atoms with Crippen molar-refractivity contribution < 1.29 is 47.8 Å². The van der Waals surface area contributed by atoms with E-state index in [4.69, 9.17) is 32.7 Å². The summed E-state index contributed by atoms with van der Waals surface area (Å²) in [5.74, 6) is -0.0777. The molecule has 8 heterocycles. The van der Waals surface area contributed by atoms with Crippen LogP contribution in [0.15, 0.2) is 84.9 Å². The van der Waals surface area contributed by atoms with Gasteiger partial charge in [0.2, 0.25) is 23.6 Å². The van der Waals surface area contributed by atoms with Gasteiger partial charge in [0.05, 0.1) is 59.2 Å². The Morgan fingerprint density at radius 3 is 1.17 bits per heavy atom. The van der Waals surface area contributed by atoms with E-state index >= 15 is 0 Å². The van der Waals surface area contributed by atoms with Gasteiger partial charge in [0.1, 0.15) is 24.2 Å². The van der Waals surface area contributed by atoms with Gasteiger partial charge >= 0.3 is 0 Å². The van der Waals surface area contributed by atoms with E-state index in [1.165, 1.54) is 14.2 Å². The molecule has 0 saturated carbocycles. The third-order valence-corrected chi connectivity index (χ3v) is 16.4. The highest BCUT2D eigenvalue weighted by Gasteiger charge is 2.42. The van der Waals surface area contributed by atoms with Crippen LogP contribution in [0, 0.1) is 0 Å². The maximum atomic E-state index is 12.9. The third kappa shape index (κ3) is 11.6. The Morgan fingerprint density at radius 2 is 0.720 bits per heavy atom. The molecule has 4 unspecified atom stereocenters. The fourth-order valence-corrected chi connectivity index (χ4v) is 11.7. The quantitative estimate of drug-likeness (QED) is 0.196. The molecule has 5 aromatic carbocycles. The van der Waals surface area contributed by atoms with Crippen molar-refractivity contribution in [1.82, 2.24) is 39.2 Å². The lowest BCUT2D eigenvalue weighted by atomic mass is 10.0. The number of nitrogens with zero attached hydrogens (tertiary/aromatic N) is 8. The number of benzene rings is 5. The first-order chi connectivity index (χ1) is 39.3. The number of hydrogen-bond acceptors (Lipinski definition) is 14. The number of methoxy groups -OCH3 is 2. The molecule has 24 heteroatoms. The number of hydrogen-bond donors (Lipinski definition) is 4. The lowest BCUT2D eigenvalue weighted by molar-refractivity contribution is -0.122. The van der Waals surface area contributed by atoms with E-state index in [1.54, 1.807) is 68.1 Å². The van der Waals surface area contributed by atoms with Gasteiger partial charge in [-0.25, -0.2) is 0 Å². The second kappa shape index (κ2) is 23.9. The van der Waals surface area contributed by atoms with Crippen LogP contribution >= 0.6 is 23.2 Å². The van der Waals surface area contributed by atoms with E-state index in [0.29, 0.717) is 119 Å². The number of rotatable bonds is 2. The van der Waals surface area contributed by atoms with E-state index < -0.39 is 24.2 Å². The van der Waals surface area contributed by atoms with Gasteiger partial charge in [0, 0.05) is 94.6 Å². The Balaban J connectivity index is 0.000000123. The van der Waals surface area contributed by atoms with Crippen molar-refractivity contribution in [3.05, 3.63) is 117 Å². The summed E-state index contributed by atoms with van der Waals surface area (Å²) in [6, 6.07) is 23.1. The van der Waals surface area contributed by atoms with Crippen molar-refractivity contribution in [2.75, 3.05) is 142 Å². The first-order valence-corrected chi connectivity index (χ1v) is 27.7. The predicted octanol–water partition coefficient (Wildman–Crippen LogP) is 4.06. The van der Waals surface area contributed by atoms with Crippen molar-refractivity contribution in [1.29, 1.82) is 0 Å². The molecular formula is C58H64Cl2N12O10. The fraction of sp³-hybridized carbons (Fsp3) is 0.379. The maximum absolute atomic E-state index is 12.9. The molecule has 13 rings (SSSR count). The van der Waals surface area contributed by atoms with Crippen molar-refractivity contribution in [2.24, 2.45) is 0 Å². The van der Waals surface area contributed by atoms with Crippen LogP contribution in [-0.4, -0.2) is 232 Å². The summed E-state index contributed by atoms with van der Waals surface area (Å²) in [4.78, 5) is 115. The van der Waals surface area contributed by atoms with Crippen LogP contribution in [0.4, 0.5) is 22.7 Å². The van der Waals surface area contributed by atoms with E-state index in [-0.39, 0.29) is 47.3 Å². The number of halogens is 2. The molecule has 4 atom stereocenters. The molecule has 0 radical (unpaired) electrons. The monoisotopic (exact) mass is 1160 g/mol. The van der Waals surface area contributed by atoms with Crippen LogP contribution in [0.3, 0.4) is 0 Å². The second-order valence-corrected chi connectivity index (χ2v) is 22.3. The van der Waals surface area contributed by atoms with E-state index in [9.17, 15) is 38.4 Å². The Hall–Kier alpha value is -7.86. The minimum Gasteiger partial charge on any atom is -0.493 e. The molecule has 0 aromatic heterocycles. The molecule has 8 aliphatic rings. The Labute approximate surface area is 484 Å². The van der Waals surface area contributed by atoms with Gasteiger partial charge in [-0.05, 0) is 93.6 Å². The highest BCUT2D eigenvalue weighted by Crippen LogP contribution is 2.37. The smallest absolute Gasteiger partial charge is 0.256 e. The number of amides is 8. The molecule has 0 bridgehead atoms. The molecule has 4 N–H and O–H groups in total. The van der Waals surface area contributed by atoms with Crippen LogP contribution in [0.5, 0.6) is 11.5 Å². The number of ether oxygens (including phenoxy) is 2. The summed E-state index contributed by atoms with van der Waals surface area (Å²) in [6.07, 6.45) is 0. The molecule has 82 heavy (non-hydrogen) atoms. The molecule has 8 aliphatic heterocycles. The van der Waals surface area contributed by atoms with Gasteiger partial charge < -0.3 is 69.9 Å². The van der Waals surface area contributed by atoms with Gasteiger partial charge in [0.25, 0.3) is 23.6 Å². The molecule has 22 nitrogen and oxygen atoms in total. The molecule has 0 aliphatic carbocycles. The predicted molar refractivity (Wildman–Crippen MR) is 310 cm³/mol. The Morgan fingerprint density at radius 1 is 0.378 bits per heavy atom. The summed E-state index contributed by atoms with van der Waals surface area (Å²) < 4.78 is 10.5. The van der Waals surface area contributed by atoms with Crippen molar-refractivity contribution >= 4 is 104 Å². The van der Waals surface area contributed by atoms with Gasteiger partial charge in [-0.3, -0.25) is 38.4 Å².